The first-order chi connectivity index (χ1) is 10.1. The first kappa shape index (κ1) is 17.6. The summed E-state index contributed by atoms with van der Waals surface area (Å²) in [5, 5.41) is 6.96. The van der Waals surface area contributed by atoms with Gasteiger partial charge in [-0.3, -0.25) is 4.79 Å². The molecule has 0 saturated heterocycles. The SMILES string of the molecule is CCCc1noc(CCCC(=O)NC(CC)(CC)CN)n1. The van der Waals surface area contributed by atoms with E-state index in [4.69, 9.17) is 10.3 Å². The first-order valence-electron chi connectivity index (χ1n) is 7.91. The number of aryl methyl sites for hydroxylation is 2. The van der Waals surface area contributed by atoms with Crippen molar-refractivity contribution in [1.29, 1.82) is 0 Å². The number of carbonyl (C=O) groups is 1. The number of rotatable bonds is 10. The highest BCUT2D eigenvalue weighted by molar-refractivity contribution is 5.76. The Morgan fingerprint density at radius 2 is 2.00 bits per heavy atom. The summed E-state index contributed by atoms with van der Waals surface area (Å²) in [6.07, 6.45) is 5.30. The van der Waals surface area contributed by atoms with E-state index < -0.39 is 0 Å². The maximum atomic E-state index is 12.0. The second-order valence-corrected chi connectivity index (χ2v) is 5.45. The van der Waals surface area contributed by atoms with Gasteiger partial charge >= 0.3 is 0 Å². The second kappa shape index (κ2) is 8.77. The number of aromatic nitrogens is 2. The Morgan fingerprint density at radius 1 is 1.29 bits per heavy atom. The number of nitrogens with zero attached hydrogens (tertiary/aromatic N) is 2. The van der Waals surface area contributed by atoms with Gasteiger partial charge in [-0.05, 0) is 25.7 Å². The third-order valence-electron chi connectivity index (χ3n) is 3.93. The zero-order chi connectivity index (χ0) is 15.7. The Kier molecular flexibility index (Phi) is 7.36. The summed E-state index contributed by atoms with van der Waals surface area (Å²) < 4.78 is 5.15. The average molecular weight is 296 g/mol. The number of amides is 1. The Bertz CT molecular complexity index is 419. The van der Waals surface area contributed by atoms with Crippen LogP contribution in [0.15, 0.2) is 4.52 Å². The van der Waals surface area contributed by atoms with Crippen LogP contribution in [-0.4, -0.2) is 28.1 Å². The minimum Gasteiger partial charge on any atom is -0.349 e. The van der Waals surface area contributed by atoms with Crippen molar-refractivity contribution in [2.75, 3.05) is 6.54 Å². The number of nitrogens with one attached hydrogen (secondary N) is 1. The molecule has 0 radical (unpaired) electrons. The molecule has 0 aliphatic rings. The maximum Gasteiger partial charge on any atom is 0.226 e. The van der Waals surface area contributed by atoms with Gasteiger partial charge in [0.15, 0.2) is 5.82 Å². The number of hydrogen-bond acceptors (Lipinski definition) is 5. The van der Waals surface area contributed by atoms with Gasteiger partial charge in [-0.25, -0.2) is 0 Å². The lowest BCUT2D eigenvalue weighted by molar-refractivity contribution is -0.123. The molecular weight excluding hydrogens is 268 g/mol. The highest BCUT2D eigenvalue weighted by Crippen LogP contribution is 2.14. The lowest BCUT2D eigenvalue weighted by Gasteiger charge is -2.31. The third kappa shape index (κ3) is 5.46. The molecule has 120 valence electrons. The minimum atomic E-state index is -0.268. The zero-order valence-corrected chi connectivity index (χ0v) is 13.4. The van der Waals surface area contributed by atoms with Crippen LogP contribution in [0.25, 0.3) is 0 Å². The molecule has 1 amide bonds. The van der Waals surface area contributed by atoms with Crippen LogP contribution in [0.5, 0.6) is 0 Å². The van der Waals surface area contributed by atoms with Gasteiger partial charge in [-0.1, -0.05) is 25.9 Å². The summed E-state index contributed by atoms with van der Waals surface area (Å²) in [4.78, 5) is 16.3. The van der Waals surface area contributed by atoms with Crippen molar-refractivity contribution in [3.63, 3.8) is 0 Å². The average Bonchev–Trinajstić information content (AvgIpc) is 2.93. The predicted octanol–water partition coefficient (Wildman–Crippen LogP) is 1.98. The van der Waals surface area contributed by atoms with E-state index in [2.05, 4.69) is 22.4 Å². The predicted molar refractivity (Wildman–Crippen MR) is 81.7 cm³/mol. The number of carbonyl (C=O) groups excluding carboxylic acids is 1. The molecule has 1 rings (SSSR count). The van der Waals surface area contributed by atoms with E-state index in [0.717, 1.165) is 31.5 Å². The number of nitrogens with two attached hydrogens (primary N) is 1. The minimum absolute atomic E-state index is 0.0393. The first-order valence-corrected chi connectivity index (χ1v) is 7.91. The van der Waals surface area contributed by atoms with Gasteiger partial charge in [-0.15, -0.1) is 0 Å². The van der Waals surface area contributed by atoms with Crippen LogP contribution in [0, 0.1) is 0 Å². The molecule has 0 aliphatic carbocycles. The van der Waals surface area contributed by atoms with Crippen LogP contribution < -0.4 is 11.1 Å². The van der Waals surface area contributed by atoms with Crippen molar-refractivity contribution in [3.8, 4) is 0 Å². The van der Waals surface area contributed by atoms with Crippen molar-refractivity contribution in [3.05, 3.63) is 11.7 Å². The lowest BCUT2D eigenvalue weighted by Crippen LogP contribution is -2.52. The van der Waals surface area contributed by atoms with E-state index in [9.17, 15) is 4.79 Å². The van der Waals surface area contributed by atoms with Crippen LogP contribution in [0.2, 0.25) is 0 Å². The normalized spacial score (nSPS) is 11.6. The zero-order valence-electron chi connectivity index (χ0n) is 13.4. The molecule has 0 aromatic carbocycles. The monoisotopic (exact) mass is 296 g/mol. The van der Waals surface area contributed by atoms with Crippen LogP contribution in [0.1, 0.15) is 64.6 Å². The van der Waals surface area contributed by atoms with Crippen LogP contribution >= 0.6 is 0 Å². The van der Waals surface area contributed by atoms with E-state index in [-0.39, 0.29) is 11.4 Å². The van der Waals surface area contributed by atoms with E-state index in [0.29, 0.717) is 31.7 Å². The van der Waals surface area contributed by atoms with Crippen molar-refractivity contribution in [2.45, 2.75) is 71.3 Å². The molecule has 21 heavy (non-hydrogen) atoms. The molecule has 3 N–H and O–H groups in total. The van der Waals surface area contributed by atoms with Gasteiger partial charge < -0.3 is 15.6 Å². The summed E-state index contributed by atoms with van der Waals surface area (Å²) in [7, 11) is 0. The summed E-state index contributed by atoms with van der Waals surface area (Å²) in [5.41, 5.74) is 5.51. The Morgan fingerprint density at radius 3 is 2.57 bits per heavy atom. The summed E-state index contributed by atoms with van der Waals surface area (Å²) in [5.74, 6) is 1.40. The summed E-state index contributed by atoms with van der Waals surface area (Å²) in [6.45, 7) is 6.63. The standard InChI is InChI=1S/C15H28N4O2/c1-4-8-12-17-14(21-19-12)10-7-9-13(20)18-15(5-2,6-3)11-16/h4-11,16H2,1-3H3,(H,18,20). The maximum absolute atomic E-state index is 12.0. The molecule has 0 saturated carbocycles. The van der Waals surface area contributed by atoms with Gasteiger partial charge in [0.05, 0.1) is 5.54 Å². The molecule has 0 fully saturated rings. The van der Waals surface area contributed by atoms with Gasteiger partial charge in [0, 0.05) is 25.8 Å². The van der Waals surface area contributed by atoms with Crippen LogP contribution in [0.3, 0.4) is 0 Å². The summed E-state index contributed by atoms with van der Waals surface area (Å²) in [6, 6.07) is 0. The quantitative estimate of drug-likeness (QED) is 0.688. The van der Waals surface area contributed by atoms with E-state index >= 15 is 0 Å². The van der Waals surface area contributed by atoms with Gasteiger partial charge in [0.1, 0.15) is 0 Å². The highest BCUT2D eigenvalue weighted by atomic mass is 16.5. The molecule has 1 aromatic rings. The van der Waals surface area contributed by atoms with Gasteiger partial charge in [0.2, 0.25) is 11.8 Å². The van der Waals surface area contributed by atoms with Crippen molar-refractivity contribution in [1.82, 2.24) is 15.5 Å². The molecule has 1 aromatic heterocycles. The third-order valence-corrected chi connectivity index (χ3v) is 3.93. The van der Waals surface area contributed by atoms with Crippen LogP contribution in [-0.2, 0) is 17.6 Å². The molecule has 0 aliphatic heterocycles. The smallest absolute Gasteiger partial charge is 0.226 e. The molecule has 0 atom stereocenters. The van der Waals surface area contributed by atoms with E-state index in [1.165, 1.54) is 0 Å². The fraction of sp³-hybridized carbons (Fsp3) is 0.800. The molecule has 0 spiro atoms. The molecule has 6 nitrogen and oxygen atoms in total. The highest BCUT2D eigenvalue weighted by Gasteiger charge is 2.25. The van der Waals surface area contributed by atoms with E-state index in [1.807, 2.05) is 13.8 Å². The summed E-state index contributed by atoms with van der Waals surface area (Å²) >= 11 is 0. The molecule has 1 heterocycles. The Balaban J connectivity index is 2.35. The van der Waals surface area contributed by atoms with Crippen molar-refractivity contribution < 1.29 is 9.32 Å². The Hall–Kier alpha value is -1.43. The fourth-order valence-corrected chi connectivity index (χ4v) is 2.24. The van der Waals surface area contributed by atoms with Crippen molar-refractivity contribution in [2.24, 2.45) is 5.73 Å². The fourth-order valence-electron chi connectivity index (χ4n) is 2.24. The molecule has 0 bridgehead atoms. The largest absolute Gasteiger partial charge is 0.349 e. The topological polar surface area (TPSA) is 94.0 Å². The molecular formula is C15H28N4O2. The van der Waals surface area contributed by atoms with Crippen molar-refractivity contribution >= 4 is 5.91 Å². The van der Waals surface area contributed by atoms with Gasteiger partial charge in [0.25, 0.3) is 0 Å². The molecule has 6 heteroatoms. The second-order valence-electron chi connectivity index (χ2n) is 5.45. The number of hydrogen-bond donors (Lipinski definition) is 2. The van der Waals surface area contributed by atoms with Gasteiger partial charge in [-0.2, -0.15) is 4.98 Å². The lowest BCUT2D eigenvalue weighted by atomic mass is 9.92. The molecule has 0 unspecified atom stereocenters. The van der Waals surface area contributed by atoms with E-state index in [1.54, 1.807) is 0 Å². The van der Waals surface area contributed by atoms with Crippen LogP contribution in [0.4, 0.5) is 0 Å². The Labute approximate surface area is 126 Å².